The van der Waals surface area contributed by atoms with Crippen molar-refractivity contribution in [1.29, 1.82) is 0 Å². The second-order valence-electron chi connectivity index (χ2n) is 3.89. The third-order valence-corrected chi connectivity index (χ3v) is 2.53. The number of methoxy groups -OCH3 is 1. The molecule has 0 bridgehead atoms. The van der Waals surface area contributed by atoms with Gasteiger partial charge < -0.3 is 9.84 Å². The molecule has 0 spiro atoms. The Labute approximate surface area is 100 Å². The zero-order valence-electron chi connectivity index (χ0n) is 9.83. The van der Waals surface area contributed by atoms with Crippen LogP contribution in [0.3, 0.4) is 0 Å². The fourth-order valence-electron chi connectivity index (χ4n) is 1.70. The van der Waals surface area contributed by atoms with Crippen molar-refractivity contribution in [3.63, 3.8) is 0 Å². The lowest BCUT2D eigenvalue weighted by molar-refractivity contribution is -0.385. The fraction of sp³-hybridized carbons (Fsp3) is 0.500. The Kier molecular flexibility index (Phi) is 5.59. The molecule has 0 saturated heterocycles. The number of rotatable bonds is 7. The molecule has 0 heterocycles. The van der Waals surface area contributed by atoms with Crippen LogP contribution in [-0.2, 0) is 11.2 Å². The summed E-state index contributed by atoms with van der Waals surface area (Å²) >= 11 is 0. The summed E-state index contributed by atoms with van der Waals surface area (Å²) in [5.41, 5.74) is 0.857. The van der Waals surface area contributed by atoms with Gasteiger partial charge in [0.05, 0.1) is 17.6 Å². The molecule has 0 aliphatic rings. The highest BCUT2D eigenvalue weighted by molar-refractivity contribution is 5.39. The van der Waals surface area contributed by atoms with Gasteiger partial charge in [0.25, 0.3) is 5.69 Å². The second-order valence-corrected chi connectivity index (χ2v) is 3.89. The van der Waals surface area contributed by atoms with Gasteiger partial charge in [-0.05, 0) is 19.3 Å². The van der Waals surface area contributed by atoms with E-state index in [0.29, 0.717) is 31.4 Å². The lowest BCUT2D eigenvalue weighted by Crippen LogP contribution is -2.13. The van der Waals surface area contributed by atoms with Gasteiger partial charge in [-0.15, -0.1) is 0 Å². The number of nitro groups is 1. The lowest BCUT2D eigenvalue weighted by Gasteiger charge is -2.08. The molecular formula is C12H17NO4. The molecule has 94 valence electrons. The molecule has 0 saturated carbocycles. The number of nitrogens with zero attached hydrogens (tertiary/aromatic N) is 1. The molecule has 0 radical (unpaired) electrons. The number of hydrogen-bond acceptors (Lipinski definition) is 4. The number of nitro benzene ring substituents is 1. The summed E-state index contributed by atoms with van der Waals surface area (Å²) in [6.45, 7) is 0.302. The van der Waals surface area contributed by atoms with Crippen molar-refractivity contribution in [3.8, 4) is 0 Å². The Morgan fingerprint density at radius 2 is 2.18 bits per heavy atom. The van der Waals surface area contributed by atoms with Crippen molar-refractivity contribution in [2.45, 2.75) is 25.4 Å². The van der Waals surface area contributed by atoms with Gasteiger partial charge in [-0.2, -0.15) is 0 Å². The van der Waals surface area contributed by atoms with Crippen molar-refractivity contribution >= 4 is 5.69 Å². The second kappa shape index (κ2) is 6.98. The number of para-hydroxylation sites is 1. The first-order valence-electron chi connectivity index (χ1n) is 5.54. The van der Waals surface area contributed by atoms with E-state index in [1.54, 1.807) is 18.2 Å². The lowest BCUT2D eigenvalue weighted by atomic mass is 10.0. The van der Waals surface area contributed by atoms with E-state index < -0.39 is 6.10 Å². The molecule has 17 heavy (non-hydrogen) atoms. The zero-order chi connectivity index (χ0) is 12.7. The van der Waals surface area contributed by atoms with E-state index in [9.17, 15) is 15.2 Å². The summed E-state index contributed by atoms with van der Waals surface area (Å²) < 4.78 is 4.81. The summed E-state index contributed by atoms with van der Waals surface area (Å²) in [4.78, 5) is 10.4. The summed E-state index contributed by atoms with van der Waals surface area (Å²) in [7, 11) is 1.53. The Bertz CT molecular complexity index is 367. The van der Waals surface area contributed by atoms with Crippen molar-refractivity contribution in [1.82, 2.24) is 0 Å². The minimum Gasteiger partial charge on any atom is -0.391 e. The molecule has 1 N–H and O–H groups in total. The number of aliphatic hydroxyl groups excluding tert-OH is 1. The van der Waals surface area contributed by atoms with Crippen molar-refractivity contribution in [2.24, 2.45) is 0 Å². The molecule has 5 heteroatoms. The SMILES string of the molecule is COCC(O)CCCc1ccccc1[N+](=O)[O-]. The van der Waals surface area contributed by atoms with Gasteiger partial charge >= 0.3 is 0 Å². The molecule has 0 amide bonds. The predicted molar refractivity (Wildman–Crippen MR) is 63.9 cm³/mol. The Hall–Kier alpha value is -1.46. The van der Waals surface area contributed by atoms with Crippen LogP contribution in [0.15, 0.2) is 24.3 Å². The van der Waals surface area contributed by atoms with Crippen LogP contribution in [0, 0.1) is 10.1 Å². The first-order valence-corrected chi connectivity index (χ1v) is 5.54. The van der Waals surface area contributed by atoms with Crippen LogP contribution in [0.4, 0.5) is 5.69 Å². The van der Waals surface area contributed by atoms with E-state index in [2.05, 4.69) is 0 Å². The Morgan fingerprint density at radius 1 is 1.47 bits per heavy atom. The number of benzene rings is 1. The van der Waals surface area contributed by atoms with E-state index in [0.717, 1.165) is 0 Å². The van der Waals surface area contributed by atoms with Gasteiger partial charge in [-0.1, -0.05) is 18.2 Å². The summed E-state index contributed by atoms with van der Waals surface area (Å²) in [5, 5.41) is 20.2. The Morgan fingerprint density at radius 3 is 2.82 bits per heavy atom. The van der Waals surface area contributed by atoms with Crippen LogP contribution in [0.2, 0.25) is 0 Å². The normalized spacial score (nSPS) is 12.4. The molecule has 5 nitrogen and oxygen atoms in total. The first kappa shape index (κ1) is 13.6. The van der Waals surface area contributed by atoms with Gasteiger partial charge in [0.2, 0.25) is 0 Å². The van der Waals surface area contributed by atoms with E-state index >= 15 is 0 Å². The number of aryl methyl sites for hydroxylation is 1. The molecular weight excluding hydrogens is 222 g/mol. The van der Waals surface area contributed by atoms with E-state index in [-0.39, 0.29) is 10.6 Å². The maximum atomic E-state index is 10.8. The number of aliphatic hydroxyl groups is 1. The highest BCUT2D eigenvalue weighted by Gasteiger charge is 2.12. The number of hydrogen-bond donors (Lipinski definition) is 1. The topological polar surface area (TPSA) is 72.6 Å². The van der Waals surface area contributed by atoms with Gasteiger partial charge in [0.15, 0.2) is 0 Å². The summed E-state index contributed by atoms with van der Waals surface area (Å²) in [6, 6.07) is 6.69. The van der Waals surface area contributed by atoms with Crippen LogP contribution in [-0.4, -0.2) is 29.9 Å². The third kappa shape index (κ3) is 4.50. The standard InChI is InChI=1S/C12H17NO4/c1-17-9-11(14)7-4-6-10-5-2-3-8-12(10)13(15)16/h2-3,5,8,11,14H,4,6-7,9H2,1H3. The van der Waals surface area contributed by atoms with E-state index in [1.165, 1.54) is 13.2 Å². The van der Waals surface area contributed by atoms with Gasteiger partial charge in [0, 0.05) is 18.7 Å². The van der Waals surface area contributed by atoms with Gasteiger partial charge in [-0.3, -0.25) is 10.1 Å². The zero-order valence-corrected chi connectivity index (χ0v) is 9.83. The Balaban J connectivity index is 2.49. The van der Waals surface area contributed by atoms with Crippen molar-refractivity contribution in [2.75, 3.05) is 13.7 Å². The van der Waals surface area contributed by atoms with Crippen LogP contribution < -0.4 is 0 Å². The maximum Gasteiger partial charge on any atom is 0.272 e. The highest BCUT2D eigenvalue weighted by atomic mass is 16.6. The van der Waals surface area contributed by atoms with Crippen molar-refractivity contribution in [3.05, 3.63) is 39.9 Å². The van der Waals surface area contributed by atoms with Gasteiger partial charge in [-0.25, -0.2) is 0 Å². The molecule has 1 aromatic rings. The minimum absolute atomic E-state index is 0.147. The maximum absolute atomic E-state index is 10.8. The molecule has 1 rings (SSSR count). The molecule has 0 fully saturated rings. The van der Waals surface area contributed by atoms with E-state index in [4.69, 9.17) is 4.74 Å². The molecule has 1 aromatic carbocycles. The van der Waals surface area contributed by atoms with Crippen LogP contribution >= 0.6 is 0 Å². The average Bonchev–Trinajstić information content (AvgIpc) is 2.30. The van der Waals surface area contributed by atoms with E-state index in [1.807, 2.05) is 0 Å². The predicted octanol–water partition coefficient (Wildman–Crippen LogP) is 1.92. The number of ether oxygens (including phenoxy) is 1. The van der Waals surface area contributed by atoms with Crippen molar-refractivity contribution < 1.29 is 14.8 Å². The first-order chi connectivity index (χ1) is 8.15. The third-order valence-electron chi connectivity index (χ3n) is 2.53. The summed E-state index contributed by atoms with van der Waals surface area (Å²) in [5.74, 6) is 0. The quantitative estimate of drug-likeness (QED) is 0.583. The molecule has 0 aliphatic heterocycles. The fourth-order valence-corrected chi connectivity index (χ4v) is 1.70. The largest absolute Gasteiger partial charge is 0.391 e. The highest BCUT2D eigenvalue weighted by Crippen LogP contribution is 2.19. The van der Waals surface area contributed by atoms with Crippen LogP contribution in [0.25, 0.3) is 0 Å². The summed E-state index contributed by atoms with van der Waals surface area (Å²) in [6.07, 6.45) is 1.38. The molecule has 0 aromatic heterocycles. The smallest absolute Gasteiger partial charge is 0.272 e. The average molecular weight is 239 g/mol. The monoisotopic (exact) mass is 239 g/mol. The molecule has 0 aliphatic carbocycles. The van der Waals surface area contributed by atoms with Crippen LogP contribution in [0.1, 0.15) is 18.4 Å². The molecule has 1 unspecified atom stereocenters. The van der Waals surface area contributed by atoms with Crippen LogP contribution in [0.5, 0.6) is 0 Å². The van der Waals surface area contributed by atoms with Gasteiger partial charge in [0.1, 0.15) is 0 Å². The molecule has 1 atom stereocenters. The minimum atomic E-state index is -0.497.